The molecule has 6 heteroatoms. The second-order valence-electron chi connectivity index (χ2n) is 11.3. The molecular formula is C27H40F2O3S. The molecule has 2 saturated carbocycles. The number of halogens is 2. The second kappa shape index (κ2) is 9.41. The van der Waals surface area contributed by atoms with Gasteiger partial charge >= 0.3 is 5.25 Å². The number of hydrogen-bond acceptors (Lipinski definition) is 3. The fourth-order valence-corrected chi connectivity index (χ4v) is 7.06. The molecule has 1 unspecified atom stereocenters. The van der Waals surface area contributed by atoms with Crippen molar-refractivity contribution in [3.8, 4) is 0 Å². The summed E-state index contributed by atoms with van der Waals surface area (Å²) in [6.45, 7) is 10.4. The van der Waals surface area contributed by atoms with Crippen LogP contribution in [0.15, 0.2) is 47.1 Å². The van der Waals surface area contributed by atoms with E-state index >= 15 is 0 Å². The topological polar surface area (TPSA) is 54.4 Å². The van der Waals surface area contributed by atoms with Crippen LogP contribution >= 0.6 is 0 Å². The highest BCUT2D eigenvalue weighted by Crippen LogP contribution is 2.56. The van der Waals surface area contributed by atoms with Crippen molar-refractivity contribution in [1.82, 2.24) is 0 Å². The molecule has 2 fully saturated rings. The van der Waals surface area contributed by atoms with Crippen LogP contribution in [0.1, 0.15) is 91.9 Å². The Labute approximate surface area is 198 Å². The zero-order valence-electron chi connectivity index (χ0n) is 20.6. The summed E-state index contributed by atoms with van der Waals surface area (Å²) in [4.78, 5) is 0. The van der Waals surface area contributed by atoms with E-state index in [0.717, 1.165) is 49.7 Å². The van der Waals surface area contributed by atoms with Crippen LogP contribution in [0, 0.1) is 11.3 Å². The molecule has 3 aliphatic carbocycles. The van der Waals surface area contributed by atoms with E-state index in [-0.39, 0.29) is 17.9 Å². The normalized spacial score (nSPS) is 31.7. The van der Waals surface area contributed by atoms with Gasteiger partial charge in [0.1, 0.15) is 0 Å². The Morgan fingerprint density at radius 1 is 1.24 bits per heavy atom. The number of aliphatic hydroxyl groups excluding tert-OH is 1. The first kappa shape index (κ1) is 26.3. The summed E-state index contributed by atoms with van der Waals surface area (Å²) in [6.07, 6.45) is 12.6. The van der Waals surface area contributed by atoms with Gasteiger partial charge in [0.15, 0.2) is 0 Å². The largest absolute Gasteiger partial charge is 0.393 e. The van der Waals surface area contributed by atoms with Gasteiger partial charge in [-0.05, 0) is 95.5 Å². The molecule has 0 spiro atoms. The van der Waals surface area contributed by atoms with Gasteiger partial charge in [-0.15, -0.1) is 0 Å². The van der Waals surface area contributed by atoms with E-state index in [1.165, 1.54) is 31.9 Å². The lowest BCUT2D eigenvalue weighted by atomic mass is 9.63. The lowest BCUT2D eigenvalue weighted by molar-refractivity contribution is 0.0765. The van der Waals surface area contributed by atoms with Crippen molar-refractivity contribution >= 4 is 9.84 Å². The predicted octanol–water partition coefficient (Wildman–Crippen LogP) is 7.05. The van der Waals surface area contributed by atoms with Gasteiger partial charge in [-0.1, -0.05) is 48.5 Å². The van der Waals surface area contributed by atoms with Crippen LogP contribution in [0.3, 0.4) is 0 Å². The maximum Gasteiger partial charge on any atom is 0.346 e. The molecule has 1 N–H and O–H groups in total. The molecule has 3 rings (SSSR count). The zero-order valence-corrected chi connectivity index (χ0v) is 21.4. The summed E-state index contributed by atoms with van der Waals surface area (Å²) >= 11 is 0. The van der Waals surface area contributed by atoms with Crippen molar-refractivity contribution in [1.29, 1.82) is 0 Å². The quantitative estimate of drug-likeness (QED) is 0.413. The van der Waals surface area contributed by atoms with Gasteiger partial charge in [0.2, 0.25) is 9.84 Å². The van der Waals surface area contributed by atoms with Crippen LogP contribution in [0.25, 0.3) is 0 Å². The average molecular weight is 483 g/mol. The minimum atomic E-state index is -4.54. The second-order valence-corrected chi connectivity index (χ2v) is 14.2. The fourth-order valence-electron chi connectivity index (χ4n) is 5.76. The Morgan fingerprint density at radius 3 is 2.61 bits per heavy atom. The summed E-state index contributed by atoms with van der Waals surface area (Å²) in [7, 11) is -4.54. The molecule has 0 heterocycles. The van der Waals surface area contributed by atoms with Gasteiger partial charge in [-0.2, -0.15) is 8.78 Å². The molecule has 0 aliphatic heterocycles. The molecule has 0 aromatic carbocycles. The Hall–Kier alpha value is -1.27. The number of allylic oxidation sites excluding steroid dienone is 6. The summed E-state index contributed by atoms with van der Waals surface area (Å²) in [5.74, 6) is 0.360. The summed E-state index contributed by atoms with van der Waals surface area (Å²) < 4.78 is 52.2. The lowest BCUT2D eigenvalue weighted by Crippen LogP contribution is -2.42. The van der Waals surface area contributed by atoms with Crippen LogP contribution in [0.2, 0.25) is 0 Å². The molecule has 33 heavy (non-hydrogen) atoms. The smallest absolute Gasteiger partial charge is 0.346 e. The highest BCUT2D eigenvalue weighted by molar-refractivity contribution is 7.93. The lowest BCUT2D eigenvalue weighted by Gasteiger charge is -2.41. The monoisotopic (exact) mass is 482 g/mol. The van der Waals surface area contributed by atoms with Crippen LogP contribution in [0.4, 0.5) is 8.78 Å². The number of sulfone groups is 1. The van der Waals surface area contributed by atoms with Crippen molar-refractivity contribution in [3.05, 3.63) is 47.1 Å². The van der Waals surface area contributed by atoms with Crippen LogP contribution in [-0.2, 0) is 9.84 Å². The molecule has 0 bridgehead atoms. The van der Waals surface area contributed by atoms with Crippen LogP contribution in [0.5, 0.6) is 0 Å². The standard InChI is InChI=1S/C27H40F2O3S/c1-19-10-14-23(30)18-21(19)12-11-20-8-6-16-26(5)22(13-15-24(20)26)9-7-17-27(28,29)33(31,32)25(2,3)4/h11-13,23-24,30H,1,6-10,14-18H2,2-5H3/b20-11+,21-12-/t23?,24-,26+/m0/s1. The molecule has 0 amide bonds. The highest BCUT2D eigenvalue weighted by atomic mass is 32.2. The van der Waals surface area contributed by atoms with Crippen molar-refractivity contribution in [2.24, 2.45) is 11.3 Å². The van der Waals surface area contributed by atoms with Gasteiger partial charge in [0.25, 0.3) is 0 Å². The molecule has 3 nitrogen and oxygen atoms in total. The molecular weight excluding hydrogens is 442 g/mol. The molecule has 186 valence electrons. The van der Waals surface area contributed by atoms with E-state index in [4.69, 9.17) is 0 Å². The number of alkyl halides is 2. The molecule has 0 aromatic rings. The summed E-state index contributed by atoms with van der Waals surface area (Å²) in [6, 6.07) is 0. The molecule has 3 atom stereocenters. The third-order valence-corrected chi connectivity index (χ3v) is 10.6. The SMILES string of the molecule is C=C1CCC(O)C/C1=C/C=C1\CCC[C@]2(C)C(CCCC(F)(F)S(=O)(=O)C(C)(C)C)=CC[C@@H]12. The minimum absolute atomic E-state index is 0.0517. The predicted molar refractivity (Wildman–Crippen MR) is 131 cm³/mol. The molecule has 0 saturated heterocycles. The number of rotatable bonds is 6. The minimum Gasteiger partial charge on any atom is -0.393 e. The van der Waals surface area contributed by atoms with Gasteiger partial charge in [0, 0.05) is 6.42 Å². The first-order chi connectivity index (χ1) is 15.2. The Balaban J connectivity index is 1.68. The molecule has 3 aliphatic rings. The number of aliphatic hydroxyl groups is 1. The van der Waals surface area contributed by atoms with Crippen molar-refractivity contribution in [3.63, 3.8) is 0 Å². The van der Waals surface area contributed by atoms with E-state index in [1.807, 2.05) is 0 Å². The third-order valence-electron chi connectivity index (χ3n) is 8.01. The van der Waals surface area contributed by atoms with E-state index in [2.05, 4.69) is 31.7 Å². The van der Waals surface area contributed by atoms with Crippen molar-refractivity contribution < 1.29 is 22.3 Å². The van der Waals surface area contributed by atoms with E-state index in [9.17, 15) is 22.3 Å². The third kappa shape index (κ3) is 5.22. The van der Waals surface area contributed by atoms with E-state index < -0.39 is 26.3 Å². The number of hydrogen-bond donors (Lipinski definition) is 1. The molecule has 0 radical (unpaired) electrons. The Kier molecular flexibility index (Phi) is 7.51. The summed E-state index contributed by atoms with van der Waals surface area (Å²) in [5.41, 5.74) is 4.77. The first-order valence-electron chi connectivity index (χ1n) is 12.3. The van der Waals surface area contributed by atoms with Crippen LogP contribution in [-0.4, -0.2) is 29.6 Å². The Bertz CT molecular complexity index is 966. The van der Waals surface area contributed by atoms with Gasteiger partial charge < -0.3 is 5.11 Å². The van der Waals surface area contributed by atoms with Crippen LogP contribution < -0.4 is 0 Å². The molecule has 0 aromatic heterocycles. The maximum atomic E-state index is 14.6. The Morgan fingerprint density at radius 2 is 1.94 bits per heavy atom. The average Bonchev–Trinajstić information content (AvgIpc) is 3.04. The van der Waals surface area contributed by atoms with Gasteiger partial charge in [-0.3, -0.25) is 0 Å². The van der Waals surface area contributed by atoms with Gasteiger partial charge in [-0.25, -0.2) is 8.42 Å². The summed E-state index contributed by atoms with van der Waals surface area (Å²) in [5, 5.41) is 6.29. The fraction of sp³-hybridized carbons (Fsp3) is 0.704. The van der Waals surface area contributed by atoms with Crippen molar-refractivity contribution in [2.75, 3.05) is 0 Å². The van der Waals surface area contributed by atoms with Gasteiger partial charge in [0.05, 0.1) is 10.9 Å². The highest BCUT2D eigenvalue weighted by Gasteiger charge is 2.51. The van der Waals surface area contributed by atoms with E-state index in [0.29, 0.717) is 18.8 Å². The van der Waals surface area contributed by atoms with E-state index in [1.54, 1.807) is 0 Å². The maximum absolute atomic E-state index is 14.6. The zero-order chi connectivity index (χ0) is 24.7. The van der Waals surface area contributed by atoms with Crippen molar-refractivity contribution in [2.45, 2.75) is 108 Å². The first-order valence-corrected chi connectivity index (χ1v) is 13.7. The number of fused-ring (bicyclic) bond motifs is 1.